The van der Waals surface area contributed by atoms with Crippen LogP contribution in [-0.4, -0.2) is 30.0 Å². The number of hydrogen-bond acceptors (Lipinski definition) is 5. The van der Waals surface area contributed by atoms with Gasteiger partial charge in [-0.15, -0.1) is 0 Å². The number of rotatable bonds is 6. The molecule has 0 aliphatic heterocycles. The topological polar surface area (TPSA) is 89.8 Å². The number of ether oxygens (including phenoxy) is 1. The number of carbonyl (C=O) groups excluding carboxylic acids is 2. The number of benzene rings is 3. The minimum atomic E-state index is -0.827. The van der Waals surface area contributed by atoms with Crippen molar-refractivity contribution in [2.24, 2.45) is 0 Å². The Bertz CT molecular complexity index is 1090. The highest BCUT2D eigenvalue weighted by Crippen LogP contribution is 2.27. The van der Waals surface area contributed by atoms with E-state index in [2.05, 4.69) is 0 Å². The lowest BCUT2D eigenvalue weighted by Gasteiger charge is -2.22. The standard InChI is InChI=1S/C21H17ClN2O5/c1-2-23(19-9-5-7-14-6-3-4-8-16(14)19)20(25)13-29-21(26)17-11-10-15(24(27)28)12-18(17)22/h3-12H,2,13H2,1H3. The van der Waals surface area contributed by atoms with Crippen molar-refractivity contribution in [2.45, 2.75) is 6.92 Å². The predicted octanol–water partition coefficient (Wildman–Crippen LogP) is 4.61. The van der Waals surface area contributed by atoms with E-state index in [0.717, 1.165) is 28.6 Å². The number of likely N-dealkylation sites (N-methyl/N-ethyl adjacent to an activating group) is 1. The second-order valence-electron chi connectivity index (χ2n) is 6.13. The molecule has 1 amide bonds. The van der Waals surface area contributed by atoms with Gasteiger partial charge < -0.3 is 9.64 Å². The summed E-state index contributed by atoms with van der Waals surface area (Å²) < 4.78 is 5.10. The first kappa shape index (κ1) is 20.3. The summed E-state index contributed by atoms with van der Waals surface area (Å²) >= 11 is 5.93. The third-order valence-electron chi connectivity index (χ3n) is 4.38. The highest BCUT2D eigenvalue weighted by atomic mass is 35.5. The molecule has 3 aromatic rings. The lowest BCUT2D eigenvalue weighted by atomic mass is 10.1. The van der Waals surface area contributed by atoms with E-state index in [1.165, 1.54) is 11.0 Å². The average Bonchev–Trinajstić information content (AvgIpc) is 2.72. The highest BCUT2D eigenvalue weighted by Gasteiger charge is 2.20. The maximum Gasteiger partial charge on any atom is 0.340 e. The Labute approximate surface area is 171 Å². The summed E-state index contributed by atoms with van der Waals surface area (Å²) in [5.74, 6) is -1.22. The molecule has 0 saturated carbocycles. The maximum absolute atomic E-state index is 12.7. The summed E-state index contributed by atoms with van der Waals surface area (Å²) in [4.78, 5) is 36.7. The number of fused-ring (bicyclic) bond motifs is 1. The van der Waals surface area contributed by atoms with E-state index in [4.69, 9.17) is 16.3 Å². The van der Waals surface area contributed by atoms with Gasteiger partial charge in [0.05, 0.1) is 21.2 Å². The number of halogens is 1. The van der Waals surface area contributed by atoms with Gasteiger partial charge in [-0.3, -0.25) is 14.9 Å². The maximum atomic E-state index is 12.7. The van der Waals surface area contributed by atoms with Crippen molar-refractivity contribution >= 4 is 45.6 Å². The molecule has 0 unspecified atom stereocenters. The van der Waals surface area contributed by atoms with Crippen LogP contribution in [0.25, 0.3) is 10.8 Å². The number of anilines is 1. The Hall–Kier alpha value is -3.45. The zero-order valence-corrected chi connectivity index (χ0v) is 16.3. The molecule has 7 nitrogen and oxygen atoms in total. The molecule has 3 aromatic carbocycles. The number of non-ortho nitro benzene ring substituents is 1. The van der Waals surface area contributed by atoms with Crippen LogP contribution in [0.4, 0.5) is 11.4 Å². The zero-order valence-electron chi connectivity index (χ0n) is 15.5. The van der Waals surface area contributed by atoms with Crippen LogP contribution >= 0.6 is 11.6 Å². The third kappa shape index (κ3) is 4.35. The highest BCUT2D eigenvalue weighted by molar-refractivity contribution is 6.33. The molecule has 0 aromatic heterocycles. The summed E-state index contributed by atoms with van der Waals surface area (Å²) in [6.07, 6.45) is 0. The fraction of sp³-hybridized carbons (Fsp3) is 0.143. The number of nitro benzene ring substituents is 1. The van der Waals surface area contributed by atoms with Crippen molar-refractivity contribution in [2.75, 3.05) is 18.1 Å². The molecule has 0 aliphatic carbocycles. The molecule has 0 fully saturated rings. The summed E-state index contributed by atoms with van der Waals surface area (Å²) in [6, 6.07) is 16.7. The molecule has 0 saturated heterocycles. The Morgan fingerprint density at radius 3 is 2.52 bits per heavy atom. The molecule has 0 bridgehead atoms. The summed E-state index contributed by atoms with van der Waals surface area (Å²) in [5.41, 5.74) is 0.439. The van der Waals surface area contributed by atoms with Gasteiger partial charge in [0.1, 0.15) is 0 Å². The molecule has 0 radical (unpaired) electrons. The van der Waals surface area contributed by atoms with E-state index in [-0.39, 0.29) is 16.3 Å². The molecule has 0 atom stereocenters. The lowest BCUT2D eigenvalue weighted by Crippen LogP contribution is -2.34. The molecule has 0 spiro atoms. The molecule has 0 heterocycles. The van der Waals surface area contributed by atoms with Crippen molar-refractivity contribution in [3.05, 3.63) is 81.4 Å². The van der Waals surface area contributed by atoms with Crippen LogP contribution in [0.5, 0.6) is 0 Å². The number of hydrogen-bond donors (Lipinski definition) is 0. The van der Waals surface area contributed by atoms with Crippen molar-refractivity contribution in [1.82, 2.24) is 0 Å². The first-order valence-corrected chi connectivity index (χ1v) is 9.19. The largest absolute Gasteiger partial charge is 0.452 e. The van der Waals surface area contributed by atoms with Gasteiger partial charge in [0, 0.05) is 24.1 Å². The summed E-state index contributed by atoms with van der Waals surface area (Å²) in [7, 11) is 0. The van der Waals surface area contributed by atoms with Gasteiger partial charge in [-0.05, 0) is 24.4 Å². The fourth-order valence-electron chi connectivity index (χ4n) is 2.99. The smallest absolute Gasteiger partial charge is 0.340 e. The number of nitro groups is 1. The first-order valence-electron chi connectivity index (χ1n) is 8.81. The van der Waals surface area contributed by atoms with Gasteiger partial charge >= 0.3 is 5.97 Å². The molecule has 8 heteroatoms. The lowest BCUT2D eigenvalue weighted by molar-refractivity contribution is -0.384. The number of nitrogens with zero attached hydrogens (tertiary/aromatic N) is 2. The van der Waals surface area contributed by atoms with Crippen LogP contribution in [0.15, 0.2) is 60.7 Å². The van der Waals surface area contributed by atoms with Gasteiger partial charge in [0.2, 0.25) is 0 Å². The number of carbonyl (C=O) groups is 2. The molecule has 29 heavy (non-hydrogen) atoms. The molecule has 148 valence electrons. The van der Waals surface area contributed by atoms with E-state index < -0.39 is 23.4 Å². The van der Waals surface area contributed by atoms with E-state index in [1.807, 2.05) is 49.4 Å². The minimum Gasteiger partial charge on any atom is -0.452 e. The van der Waals surface area contributed by atoms with E-state index >= 15 is 0 Å². The Morgan fingerprint density at radius 1 is 1.10 bits per heavy atom. The van der Waals surface area contributed by atoms with E-state index in [9.17, 15) is 19.7 Å². The third-order valence-corrected chi connectivity index (χ3v) is 4.70. The SMILES string of the molecule is CCN(C(=O)COC(=O)c1ccc([N+](=O)[O-])cc1Cl)c1cccc2ccccc12. The second-order valence-corrected chi connectivity index (χ2v) is 6.54. The van der Waals surface area contributed by atoms with Crippen LogP contribution in [0, 0.1) is 10.1 Å². The Kier molecular flexibility index (Phi) is 6.09. The Balaban J connectivity index is 1.75. The van der Waals surface area contributed by atoms with Crippen LogP contribution in [0.1, 0.15) is 17.3 Å². The van der Waals surface area contributed by atoms with Gasteiger partial charge in [-0.1, -0.05) is 48.0 Å². The van der Waals surface area contributed by atoms with Gasteiger partial charge in [-0.2, -0.15) is 0 Å². The monoisotopic (exact) mass is 412 g/mol. The van der Waals surface area contributed by atoms with Crippen LogP contribution < -0.4 is 4.90 Å². The first-order chi connectivity index (χ1) is 13.9. The van der Waals surface area contributed by atoms with E-state index in [1.54, 1.807) is 0 Å². The van der Waals surface area contributed by atoms with Crippen LogP contribution in [-0.2, 0) is 9.53 Å². The van der Waals surface area contributed by atoms with Crippen LogP contribution in [0.3, 0.4) is 0 Å². The van der Waals surface area contributed by atoms with Crippen molar-refractivity contribution < 1.29 is 19.2 Å². The molecule has 0 N–H and O–H groups in total. The molecule has 0 aliphatic rings. The Morgan fingerprint density at radius 2 is 1.83 bits per heavy atom. The van der Waals surface area contributed by atoms with Gasteiger partial charge in [-0.25, -0.2) is 4.79 Å². The van der Waals surface area contributed by atoms with E-state index in [0.29, 0.717) is 6.54 Å². The summed E-state index contributed by atoms with van der Waals surface area (Å²) in [6.45, 7) is 1.74. The molecule has 3 rings (SSSR count). The fourth-order valence-corrected chi connectivity index (χ4v) is 3.24. The molecular formula is C21H17ClN2O5. The van der Waals surface area contributed by atoms with Gasteiger partial charge in [0.25, 0.3) is 11.6 Å². The van der Waals surface area contributed by atoms with Crippen molar-refractivity contribution in [3.63, 3.8) is 0 Å². The van der Waals surface area contributed by atoms with Crippen molar-refractivity contribution in [3.8, 4) is 0 Å². The van der Waals surface area contributed by atoms with Crippen LogP contribution in [0.2, 0.25) is 5.02 Å². The van der Waals surface area contributed by atoms with Gasteiger partial charge in [0.15, 0.2) is 6.61 Å². The number of amides is 1. The second kappa shape index (κ2) is 8.70. The minimum absolute atomic E-state index is 0.0433. The quantitative estimate of drug-likeness (QED) is 0.335. The zero-order chi connectivity index (χ0) is 21.0. The average molecular weight is 413 g/mol. The summed E-state index contributed by atoms with van der Waals surface area (Å²) in [5, 5.41) is 12.6. The normalized spacial score (nSPS) is 10.6. The predicted molar refractivity (Wildman–Crippen MR) is 110 cm³/mol. The van der Waals surface area contributed by atoms with Crippen molar-refractivity contribution in [1.29, 1.82) is 0 Å². The number of esters is 1. The molecular weight excluding hydrogens is 396 g/mol.